The predicted molar refractivity (Wildman–Crippen MR) is 155 cm³/mol. The van der Waals surface area contributed by atoms with Gasteiger partial charge in [0.1, 0.15) is 5.60 Å². The van der Waals surface area contributed by atoms with Gasteiger partial charge in [0.15, 0.2) is 0 Å². The topological polar surface area (TPSA) is 60.9 Å². The third kappa shape index (κ3) is 5.45. The van der Waals surface area contributed by atoms with Crippen molar-refractivity contribution in [2.75, 3.05) is 17.4 Å². The minimum atomic E-state index is -3.90. The van der Waals surface area contributed by atoms with Gasteiger partial charge in [-0.05, 0) is 73.7 Å². The van der Waals surface area contributed by atoms with Crippen LogP contribution in [0.4, 0.5) is 5.69 Å². The summed E-state index contributed by atoms with van der Waals surface area (Å²) >= 11 is 18.4. The molecule has 202 valence electrons. The standard InChI is InChI=1S/C29H31Cl3N2O3S/c30-22-11-9-21(10-12-22)29(35)17-5-4-8-28(29)33-18-15-24(16-19-33)34(23-6-2-1-3-7-23)38(36,37)25-13-14-26(31)27(32)20-25/h1-3,6-7,9-14,20,24,28,35H,4-5,8,15-19H2. The maximum absolute atomic E-state index is 14.0. The van der Waals surface area contributed by atoms with E-state index in [4.69, 9.17) is 34.8 Å². The molecule has 1 N–H and O–H groups in total. The summed E-state index contributed by atoms with van der Waals surface area (Å²) in [4.78, 5) is 2.46. The summed E-state index contributed by atoms with van der Waals surface area (Å²) in [6.07, 6.45) is 4.90. The van der Waals surface area contributed by atoms with Crippen molar-refractivity contribution in [3.63, 3.8) is 0 Å². The van der Waals surface area contributed by atoms with Crippen molar-refractivity contribution in [2.45, 2.75) is 61.1 Å². The number of aliphatic hydroxyl groups is 1. The number of nitrogens with zero attached hydrogens (tertiary/aromatic N) is 2. The molecule has 9 heteroatoms. The molecule has 5 rings (SSSR count). The number of piperidine rings is 1. The van der Waals surface area contributed by atoms with Gasteiger partial charge in [0.05, 0.1) is 20.6 Å². The second-order valence-electron chi connectivity index (χ2n) is 10.2. The van der Waals surface area contributed by atoms with Crippen LogP contribution in [0.3, 0.4) is 0 Å². The minimum Gasteiger partial charge on any atom is -0.384 e. The number of benzene rings is 3. The second-order valence-corrected chi connectivity index (χ2v) is 13.2. The first-order valence-corrected chi connectivity index (χ1v) is 15.5. The van der Waals surface area contributed by atoms with Crippen molar-refractivity contribution in [2.24, 2.45) is 0 Å². The number of likely N-dealkylation sites (tertiary alicyclic amines) is 1. The van der Waals surface area contributed by atoms with Crippen molar-refractivity contribution in [1.29, 1.82) is 0 Å². The maximum atomic E-state index is 14.0. The van der Waals surface area contributed by atoms with Gasteiger partial charge < -0.3 is 5.11 Å². The average Bonchev–Trinajstić information content (AvgIpc) is 2.92. The smallest absolute Gasteiger partial charge is 0.264 e. The summed E-state index contributed by atoms with van der Waals surface area (Å²) in [5, 5.41) is 13.1. The van der Waals surface area contributed by atoms with E-state index in [1.165, 1.54) is 22.5 Å². The molecule has 2 aliphatic rings. The molecule has 2 atom stereocenters. The summed E-state index contributed by atoms with van der Waals surface area (Å²) in [6.45, 7) is 1.37. The van der Waals surface area contributed by atoms with E-state index < -0.39 is 15.6 Å². The van der Waals surface area contributed by atoms with E-state index in [1.54, 1.807) is 0 Å². The number of hydrogen-bond donors (Lipinski definition) is 1. The number of sulfonamides is 1. The Bertz CT molecular complexity index is 1360. The molecular formula is C29H31Cl3N2O3S. The Labute approximate surface area is 240 Å². The number of hydrogen-bond acceptors (Lipinski definition) is 4. The molecule has 1 heterocycles. The molecule has 1 saturated heterocycles. The summed E-state index contributed by atoms with van der Waals surface area (Å²) in [6, 6.07) is 20.9. The summed E-state index contributed by atoms with van der Waals surface area (Å²) in [5.74, 6) is 0. The lowest BCUT2D eigenvalue weighted by Gasteiger charge is -2.49. The Kier molecular flexibility index (Phi) is 8.30. The van der Waals surface area contributed by atoms with Crippen molar-refractivity contribution in [3.05, 3.63) is 93.4 Å². The van der Waals surface area contributed by atoms with E-state index in [-0.39, 0.29) is 22.0 Å². The number of para-hydroxylation sites is 1. The molecule has 3 aromatic rings. The second kappa shape index (κ2) is 11.4. The van der Waals surface area contributed by atoms with Crippen LogP contribution in [0, 0.1) is 0 Å². The van der Waals surface area contributed by atoms with Gasteiger partial charge in [-0.2, -0.15) is 0 Å². The summed E-state index contributed by atoms with van der Waals surface area (Å²) < 4.78 is 29.4. The van der Waals surface area contributed by atoms with Gasteiger partial charge in [0.25, 0.3) is 10.0 Å². The Morgan fingerprint density at radius 3 is 2.18 bits per heavy atom. The van der Waals surface area contributed by atoms with Crippen LogP contribution in [0.1, 0.15) is 44.1 Å². The lowest BCUT2D eigenvalue weighted by Crippen LogP contribution is -2.57. The molecule has 0 bridgehead atoms. The SMILES string of the molecule is O=S(=O)(c1ccc(Cl)c(Cl)c1)N(c1ccccc1)C1CCN(C2CCCCC2(O)c2ccc(Cl)cc2)CC1. The van der Waals surface area contributed by atoms with E-state index in [2.05, 4.69) is 4.90 Å². The Morgan fingerprint density at radius 1 is 0.842 bits per heavy atom. The third-order valence-corrected chi connectivity index (χ3v) is 10.8. The van der Waals surface area contributed by atoms with Crippen LogP contribution < -0.4 is 4.31 Å². The van der Waals surface area contributed by atoms with Crippen LogP contribution in [-0.2, 0) is 15.6 Å². The highest BCUT2D eigenvalue weighted by Crippen LogP contribution is 2.42. The normalized spacial score (nSPS) is 23.3. The minimum absolute atomic E-state index is 0.0322. The number of anilines is 1. The molecular weight excluding hydrogens is 563 g/mol. The van der Waals surface area contributed by atoms with E-state index in [1.807, 2.05) is 54.6 Å². The highest BCUT2D eigenvalue weighted by Gasteiger charge is 2.45. The van der Waals surface area contributed by atoms with Gasteiger partial charge in [0, 0.05) is 30.2 Å². The lowest BCUT2D eigenvalue weighted by molar-refractivity contribution is -0.0849. The van der Waals surface area contributed by atoms with E-state index in [0.29, 0.717) is 48.1 Å². The van der Waals surface area contributed by atoms with Gasteiger partial charge in [-0.1, -0.05) is 78.0 Å². The molecule has 2 fully saturated rings. The van der Waals surface area contributed by atoms with Gasteiger partial charge in [-0.25, -0.2) is 8.42 Å². The molecule has 0 aromatic heterocycles. The number of rotatable bonds is 6. The molecule has 1 aliphatic heterocycles. The molecule has 0 spiro atoms. The molecule has 3 aromatic carbocycles. The maximum Gasteiger partial charge on any atom is 0.264 e. The Hall–Kier alpha value is -1.80. The quantitative estimate of drug-likeness (QED) is 0.330. The van der Waals surface area contributed by atoms with Crippen molar-refractivity contribution >= 4 is 50.5 Å². The van der Waals surface area contributed by atoms with E-state index in [0.717, 1.165) is 24.8 Å². The first-order chi connectivity index (χ1) is 18.2. The third-order valence-electron chi connectivity index (χ3n) is 7.91. The first-order valence-electron chi connectivity index (χ1n) is 13.0. The van der Waals surface area contributed by atoms with Crippen LogP contribution >= 0.6 is 34.8 Å². The van der Waals surface area contributed by atoms with Gasteiger partial charge >= 0.3 is 0 Å². The van der Waals surface area contributed by atoms with Crippen LogP contribution in [0.5, 0.6) is 0 Å². The largest absolute Gasteiger partial charge is 0.384 e. The van der Waals surface area contributed by atoms with Gasteiger partial charge in [-0.3, -0.25) is 9.21 Å². The highest BCUT2D eigenvalue weighted by atomic mass is 35.5. The molecule has 38 heavy (non-hydrogen) atoms. The van der Waals surface area contributed by atoms with E-state index in [9.17, 15) is 13.5 Å². The zero-order valence-electron chi connectivity index (χ0n) is 20.9. The fraction of sp³-hybridized carbons (Fsp3) is 0.379. The molecule has 0 radical (unpaired) electrons. The van der Waals surface area contributed by atoms with Crippen LogP contribution in [0.25, 0.3) is 0 Å². The van der Waals surface area contributed by atoms with Crippen LogP contribution in [0.15, 0.2) is 77.7 Å². The first kappa shape index (κ1) is 27.8. The van der Waals surface area contributed by atoms with Crippen molar-refractivity contribution in [3.8, 4) is 0 Å². The fourth-order valence-electron chi connectivity index (χ4n) is 6.00. The van der Waals surface area contributed by atoms with E-state index >= 15 is 0 Å². The molecule has 0 amide bonds. The Balaban J connectivity index is 1.41. The summed E-state index contributed by atoms with van der Waals surface area (Å²) in [5.41, 5.74) is 0.551. The highest BCUT2D eigenvalue weighted by molar-refractivity contribution is 7.92. The monoisotopic (exact) mass is 592 g/mol. The van der Waals surface area contributed by atoms with Crippen LogP contribution in [-0.4, -0.2) is 43.6 Å². The number of halogens is 3. The predicted octanol–water partition coefficient (Wildman–Crippen LogP) is 7.14. The zero-order chi connectivity index (χ0) is 26.9. The summed E-state index contributed by atoms with van der Waals surface area (Å²) in [7, 11) is -3.90. The Morgan fingerprint density at radius 2 is 1.53 bits per heavy atom. The zero-order valence-corrected chi connectivity index (χ0v) is 24.0. The average molecular weight is 594 g/mol. The molecule has 1 saturated carbocycles. The molecule has 5 nitrogen and oxygen atoms in total. The fourth-order valence-corrected chi connectivity index (χ4v) is 8.23. The van der Waals surface area contributed by atoms with Crippen LogP contribution in [0.2, 0.25) is 15.1 Å². The lowest BCUT2D eigenvalue weighted by atomic mass is 9.74. The molecule has 1 aliphatic carbocycles. The van der Waals surface area contributed by atoms with Gasteiger partial charge in [-0.15, -0.1) is 0 Å². The molecule has 2 unspecified atom stereocenters. The van der Waals surface area contributed by atoms with Crippen molar-refractivity contribution < 1.29 is 13.5 Å². The van der Waals surface area contributed by atoms with Crippen molar-refractivity contribution in [1.82, 2.24) is 4.90 Å². The van der Waals surface area contributed by atoms with Gasteiger partial charge in [0.2, 0.25) is 0 Å².